The van der Waals surface area contributed by atoms with E-state index in [1.807, 2.05) is 12.1 Å². The third-order valence-corrected chi connectivity index (χ3v) is 12.1. The molecule has 57 heavy (non-hydrogen) atoms. The van der Waals surface area contributed by atoms with Crippen LogP contribution < -0.4 is 4.90 Å². The SMILES string of the molecule is CC1(C)c2ccccc2-c2ccc(N(c3ccc(-c4cccc5oc6ccccc6c45)cc3)c3cccc(-c4cccc(-c5cccc6ccccc56)c4)c3)cc21. The van der Waals surface area contributed by atoms with Crippen LogP contribution in [0.1, 0.15) is 25.0 Å². The van der Waals surface area contributed by atoms with Gasteiger partial charge in [-0.25, -0.2) is 0 Å². The normalized spacial score (nSPS) is 12.9. The van der Waals surface area contributed by atoms with Gasteiger partial charge in [-0.3, -0.25) is 0 Å². The van der Waals surface area contributed by atoms with Gasteiger partial charge in [0.15, 0.2) is 0 Å². The number of furan rings is 1. The number of hydrogen-bond acceptors (Lipinski definition) is 2. The molecular formula is C55H39NO. The van der Waals surface area contributed by atoms with E-state index in [4.69, 9.17) is 4.42 Å². The van der Waals surface area contributed by atoms with Crippen molar-refractivity contribution in [3.63, 3.8) is 0 Å². The Hall–Kier alpha value is -7.16. The van der Waals surface area contributed by atoms with Crippen LogP contribution in [-0.2, 0) is 5.41 Å². The molecule has 0 saturated heterocycles. The van der Waals surface area contributed by atoms with Crippen molar-refractivity contribution in [1.82, 2.24) is 0 Å². The average molecular weight is 730 g/mol. The van der Waals surface area contributed by atoms with Gasteiger partial charge in [0.05, 0.1) is 0 Å². The molecule has 1 aromatic heterocycles. The first-order valence-corrected chi connectivity index (χ1v) is 19.8. The Bertz CT molecular complexity index is 3160. The summed E-state index contributed by atoms with van der Waals surface area (Å²) in [6.45, 7) is 4.70. The number of nitrogens with zero attached hydrogens (tertiary/aromatic N) is 1. The van der Waals surface area contributed by atoms with Crippen LogP contribution in [0.25, 0.3) is 77.2 Å². The number of hydrogen-bond donors (Lipinski definition) is 0. The zero-order valence-corrected chi connectivity index (χ0v) is 31.9. The lowest BCUT2D eigenvalue weighted by Crippen LogP contribution is -2.16. The summed E-state index contributed by atoms with van der Waals surface area (Å²) in [5.41, 5.74) is 17.5. The van der Waals surface area contributed by atoms with E-state index in [0.717, 1.165) is 44.6 Å². The Morgan fingerprint density at radius 1 is 0.368 bits per heavy atom. The largest absolute Gasteiger partial charge is 0.456 e. The van der Waals surface area contributed by atoms with Gasteiger partial charge < -0.3 is 9.32 Å². The first-order valence-electron chi connectivity index (χ1n) is 19.8. The average Bonchev–Trinajstić information content (AvgIpc) is 3.76. The van der Waals surface area contributed by atoms with Gasteiger partial charge in [-0.2, -0.15) is 0 Å². The van der Waals surface area contributed by atoms with Gasteiger partial charge in [0.25, 0.3) is 0 Å². The molecule has 0 aliphatic heterocycles. The minimum atomic E-state index is -0.118. The number of para-hydroxylation sites is 1. The van der Waals surface area contributed by atoms with Crippen LogP contribution >= 0.6 is 0 Å². The fourth-order valence-corrected chi connectivity index (χ4v) is 9.25. The van der Waals surface area contributed by atoms with Crippen LogP contribution in [0, 0.1) is 0 Å². The van der Waals surface area contributed by atoms with E-state index in [9.17, 15) is 0 Å². The lowest BCUT2D eigenvalue weighted by atomic mass is 9.82. The Balaban J connectivity index is 1.04. The lowest BCUT2D eigenvalue weighted by Gasteiger charge is -2.28. The maximum Gasteiger partial charge on any atom is 0.136 e. The Morgan fingerprint density at radius 3 is 1.86 bits per heavy atom. The van der Waals surface area contributed by atoms with E-state index in [1.54, 1.807) is 0 Å². The minimum absolute atomic E-state index is 0.118. The second-order valence-corrected chi connectivity index (χ2v) is 15.7. The Labute approximate surface area is 332 Å². The molecule has 0 radical (unpaired) electrons. The van der Waals surface area contributed by atoms with Crippen LogP contribution in [0.5, 0.6) is 0 Å². The molecule has 0 atom stereocenters. The van der Waals surface area contributed by atoms with Crippen molar-refractivity contribution in [3.8, 4) is 44.5 Å². The molecule has 270 valence electrons. The fraction of sp³-hybridized carbons (Fsp3) is 0.0545. The summed E-state index contributed by atoms with van der Waals surface area (Å²) in [6.07, 6.45) is 0. The summed E-state index contributed by atoms with van der Waals surface area (Å²) in [4.78, 5) is 2.41. The minimum Gasteiger partial charge on any atom is -0.456 e. The van der Waals surface area contributed by atoms with Crippen LogP contribution in [0.3, 0.4) is 0 Å². The van der Waals surface area contributed by atoms with Crippen molar-refractivity contribution in [2.45, 2.75) is 19.3 Å². The highest BCUT2D eigenvalue weighted by molar-refractivity contribution is 6.12. The van der Waals surface area contributed by atoms with Crippen molar-refractivity contribution in [1.29, 1.82) is 0 Å². The predicted molar refractivity (Wildman–Crippen MR) is 240 cm³/mol. The molecule has 1 aliphatic rings. The summed E-state index contributed by atoms with van der Waals surface area (Å²) in [6, 6.07) is 72.7. The van der Waals surface area contributed by atoms with E-state index in [-0.39, 0.29) is 5.41 Å². The van der Waals surface area contributed by atoms with Gasteiger partial charge in [-0.1, -0.05) is 159 Å². The van der Waals surface area contributed by atoms with Gasteiger partial charge in [0.2, 0.25) is 0 Å². The molecule has 0 amide bonds. The molecule has 0 N–H and O–H groups in total. The number of fused-ring (bicyclic) bond motifs is 7. The molecule has 1 aliphatic carbocycles. The molecular weight excluding hydrogens is 691 g/mol. The molecule has 2 heteroatoms. The predicted octanol–water partition coefficient (Wildman–Crippen LogP) is 15.5. The molecule has 0 saturated carbocycles. The first-order chi connectivity index (χ1) is 28.0. The number of benzene rings is 9. The van der Waals surface area contributed by atoms with Gasteiger partial charge in [-0.15, -0.1) is 0 Å². The topological polar surface area (TPSA) is 16.4 Å². The maximum atomic E-state index is 6.26. The van der Waals surface area contributed by atoms with E-state index >= 15 is 0 Å². The molecule has 9 aromatic carbocycles. The monoisotopic (exact) mass is 729 g/mol. The second-order valence-electron chi connectivity index (χ2n) is 15.7. The zero-order chi connectivity index (χ0) is 38.1. The Kier molecular flexibility index (Phi) is 7.55. The molecule has 0 fully saturated rings. The number of rotatable bonds is 6. The van der Waals surface area contributed by atoms with Gasteiger partial charge in [0, 0.05) is 33.2 Å². The highest BCUT2D eigenvalue weighted by Crippen LogP contribution is 2.51. The van der Waals surface area contributed by atoms with Gasteiger partial charge in [0.1, 0.15) is 11.2 Å². The Morgan fingerprint density at radius 2 is 0.965 bits per heavy atom. The van der Waals surface area contributed by atoms with E-state index in [0.29, 0.717) is 0 Å². The summed E-state index contributed by atoms with van der Waals surface area (Å²) in [5, 5.41) is 4.80. The van der Waals surface area contributed by atoms with Crippen LogP contribution in [0.2, 0.25) is 0 Å². The first kappa shape index (κ1) is 33.2. The van der Waals surface area contributed by atoms with Gasteiger partial charge >= 0.3 is 0 Å². The fourth-order valence-electron chi connectivity index (χ4n) is 9.25. The standard InChI is InChI=1S/C55H39NO/c1-55(2)50-24-7-5-20-47(50)48-32-31-43(35-51(48)55)56(41-29-27-37(28-30-41)46-23-12-26-53-54(46)49-21-6-8-25-52(49)57-53)42-18-10-16-39(34-42)38-15-9-17-40(33-38)45-22-11-14-36-13-3-4-19-44(36)45/h3-35H,1-2H3. The van der Waals surface area contributed by atoms with Crippen molar-refractivity contribution in [3.05, 3.63) is 211 Å². The van der Waals surface area contributed by atoms with Crippen molar-refractivity contribution < 1.29 is 4.42 Å². The molecule has 0 spiro atoms. The maximum absolute atomic E-state index is 6.26. The smallest absolute Gasteiger partial charge is 0.136 e. The van der Waals surface area contributed by atoms with Crippen molar-refractivity contribution >= 4 is 49.8 Å². The molecule has 10 aromatic rings. The molecule has 0 unspecified atom stereocenters. The number of anilines is 3. The second kappa shape index (κ2) is 13.0. The third-order valence-electron chi connectivity index (χ3n) is 12.1. The zero-order valence-electron chi connectivity index (χ0n) is 31.9. The highest BCUT2D eigenvalue weighted by atomic mass is 16.3. The van der Waals surface area contributed by atoms with E-state index in [1.165, 1.54) is 60.8 Å². The van der Waals surface area contributed by atoms with Gasteiger partial charge in [-0.05, 0) is 121 Å². The quantitative estimate of drug-likeness (QED) is 0.169. The van der Waals surface area contributed by atoms with Crippen LogP contribution in [0.15, 0.2) is 205 Å². The van der Waals surface area contributed by atoms with Crippen LogP contribution in [0.4, 0.5) is 17.1 Å². The van der Waals surface area contributed by atoms with Crippen molar-refractivity contribution in [2.24, 2.45) is 0 Å². The van der Waals surface area contributed by atoms with Crippen LogP contribution in [-0.4, -0.2) is 0 Å². The summed E-state index contributed by atoms with van der Waals surface area (Å²) in [5.74, 6) is 0. The van der Waals surface area contributed by atoms with Crippen molar-refractivity contribution in [2.75, 3.05) is 4.90 Å². The molecule has 0 bridgehead atoms. The molecule has 1 heterocycles. The van der Waals surface area contributed by atoms with E-state index in [2.05, 4.69) is 207 Å². The highest BCUT2D eigenvalue weighted by Gasteiger charge is 2.35. The lowest BCUT2D eigenvalue weighted by molar-refractivity contribution is 0.660. The summed E-state index contributed by atoms with van der Waals surface area (Å²) < 4.78 is 6.26. The summed E-state index contributed by atoms with van der Waals surface area (Å²) >= 11 is 0. The summed E-state index contributed by atoms with van der Waals surface area (Å²) in [7, 11) is 0. The molecule has 11 rings (SSSR count). The molecule has 2 nitrogen and oxygen atoms in total. The van der Waals surface area contributed by atoms with E-state index < -0.39 is 0 Å². The third kappa shape index (κ3) is 5.40.